The van der Waals surface area contributed by atoms with Crippen LogP contribution in [0.4, 0.5) is 9.59 Å². The number of alkyl carbamates (subject to hydrolysis) is 1. The van der Waals surface area contributed by atoms with Crippen molar-refractivity contribution in [2.45, 2.75) is 65.6 Å². The highest BCUT2D eigenvalue weighted by molar-refractivity contribution is 5.98. The molecule has 0 bridgehead atoms. The topological polar surface area (TPSA) is 87.4 Å². The average Bonchev–Trinajstić information content (AvgIpc) is 3.50. The van der Waals surface area contributed by atoms with Crippen LogP contribution in [0.3, 0.4) is 0 Å². The van der Waals surface area contributed by atoms with Crippen molar-refractivity contribution in [1.29, 1.82) is 0 Å². The molecule has 2 heterocycles. The monoisotopic (exact) mass is 516 g/mol. The summed E-state index contributed by atoms with van der Waals surface area (Å²) < 4.78 is 14.2. The zero-order valence-electron chi connectivity index (χ0n) is 23.1. The minimum Gasteiger partial charge on any atom is -0.444 e. The van der Waals surface area contributed by atoms with Crippen LogP contribution in [0.25, 0.3) is 27.7 Å². The Labute approximate surface area is 223 Å². The Bertz CT molecular complexity index is 1420. The van der Waals surface area contributed by atoms with E-state index in [4.69, 9.17) is 9.47 Å². The Kier molecular flexibility index (Phi) is 7.35. The molecular formula is C30H36N4O4. The maximum absolute atomic E-state index is 12.8. The van der Waals surface area contributed by atoms with Crippen molar-refractivity contribution < 1.29 is 19.1 Å². The number of carbonyl (C=O) groups excluding carboxylic acids is 2. The molecule has 38 heavy (non-hydrogen) atoms. The minimum absolute atomic E-state index is 0.107. The first kappa shape index (κ1) is 27.0. The van der Waals surface area contributed by atoms with E-state index in [1.165, 1.54) is 4.68 Å². The van der Waals surface area contributed by atoms with Gasteiger partial charge in [-0.2, -0.15) is 9.78 Å². The van der Waals surface area contributed by atoms with Gasteiger partial charge in [0.15, 0.2) is 0 Å². The third-order valence-corrected chi connectivity index (χ3v) is 5.90. The van der Waals surface area contributed by atoms with Crippen LogP contribution in [0.15, 0.2) is 67.1 Å². The first-order chi connectivity index (χ1) is 17.8. The van der Waals surface area contributed by atoms with E-state index in [9.17, 15) is 9.59 Å². The summed E-state index contributed by atoms with van der Waals surface area (Å²) in [5.74, 6) is 0.107. The molecule has 8 nitrogen and oxygen atoms in total. The second-order valence-electron chi connectivity index (χ2n) is 11.4. The number of carbonyl (C=O) groups is 2. The molecule has 1 amide bonds. The predicted octanol–water partition coefficient (Wildman–Crippen LogP) is 6.91. The van der Waals surface area contributed by atoms with Gasteiger partial charge in [-0.1, -0.05) is 37.3 Å². The number of rotatable bonds is 5. The molecule has 0 aliphatic heterocycles. The molecule has 0 radical (unpaired) electrons. The van der Waals surface area contributed by atoms with Crippen molar-refractivity contribution in [2.75, 3.05) is 6.54 Å². The van der Waals surface area contributed by atoms with Crippen LogP contribution in [-0.2, 0) is 9.47 Å². The molecule has 0 saturated carbocycles. The molecule has 200 valence electrons. The van der Waals surface area contributed by atoms with Crippen LogP contribution in [-0.4, -0.2) is 44.3 Å². The molecule has 0 fully saturated rings. The minimum atomic E-state index is -0.625. The first-order valence-electron chi connectivity index (χ1n) is 12.8. The van der Waals surface area contributed by atoms with Crippen LogP contribution in [0.2, 0.25) is 0 Å². The van der Waals surface area contributed by atoms with Crippen molar-refractivity contribution >= 4 is 23.1 Å². The Morgan fingerprint density at radius 3 is 2.16 bits per heavy atom. The Morgan fingerprint density at radius 1 is 0.921 bits per heavy atom. The van der Waals surface area contributed by atoms with Gasteiger partial charge in [-0.05, 0) is 76.8 Å². The molecule has 1 N–H and O–H groups in total. The summed E-state index contributed by atoms with van der Waals surface area (Å²) in [6.07, 6.45) is 4.72. The van der Waals surface area contributed by atoms with Crippen molar-refractivity contribution in [1.82, 2.24) is 19.7 Å². The molecule has 0 spiro atoms. The largest absolute Gasteiger partial charge is 0.444 e. The Hall–Kier alpha value is -4.07. The molecule has 4 aromatic rings. The smallest absolute Gasteiger partial charge is 0.435 e. The molecule has 0 saturated heterocycles. The molecule has 1 unspecified atom stereocenters. The van der Waals surface area contributed by atoms with Gasteiger partial charge in [-0.3, -0.25) is 0 Å². The summed E-state index contributed by atoms with van der Waals surface area (Å²) in [4.78, 5) is 24.8. The number of ether oxygens (including phenoxy) is 2. The summed E-state index contributed by atoms with van der Waals surface area (Å²) in [5, 5.41) is 8.04. The van der Waals surface area contributed by atoms with Gasteiger partial charge in [-0.15, -0.1) is 0 Å². The molecule has 2 aromatic heterocycles. The zero-order valence-corrected chi connectivity index (χ0v) is 23.1. The van der Waals surface area contributed by atoms with Gasteiger partial charge in [0.2, 0.25) is 0 Å². The molecule has 4 rings (SSSR count). The van der Waals surface area contributed by atoms with Crippen molar-refractivity contribution in [3.05, 3.63) is 72.7 Å². The molecule has 1 atom stereocenters. The van der Waals surface area contributed by atoms with Crippen LogP contribution < -0.4 is 5.32 Å². The lowest BCUT2D eigenvalue weighted by Gasteiger charge is -2.21. The van der Waals surface area contributed by atoms with Crippen molar-refractivity contribution in [3.8, 4) is 16.8 Å². The van der Waals surface area contributed by atoms with E-state index in [1.807, 2.05) is 82.8 Å². The molecule has 2 aromatic carbocycles. The normalized spacial score (nSPS) is 12.8. The lowest BCUT2D eigenvalue weighted by molar-refractivity contribution is 0.0512. The van der Waals surface area contributed by atoms with E-state index in [0.717, 1.165) is 27.8 Å². The number of aromatic nitrogens is 3. The quantitative estimate of drug-likeness (QED) is 0.312. The maximum Gasteiger partial charge on any atom is 0.435 e. The standard InChI is InChI=1S/C30H36N4O4/c1-20(18-31-27(35)37-29(2,3)4)21-10-12-22(13-11-21)23-14-15-25-24(26(23)33-16-8-9-17-33)19-32-34(25)28(36)38-30(5,6)7/h8-17,19-20H,18H2,1-7H3,(H,31,35). The Morgan fingerprint density at radius 2 is 1.55 bits per heavy atom. The zero-order chi connectivity index (χ0) is 27.7. The van der Waals surface area contributed by atoms with E-state index in [1.54, 1.807) is 6.20 Å². The van der Waals surface area contributed by atoms with Gasteiger partial charge < -0.3 is 19.4 Å². The number of nitrogens with zero attached hydrogens (tertiary/aromatic N) is 3. The fraction of sp³-hybridized carbons (Fsp3) is 0.367. The second-order valence-corrected chi connectivity index (χ2v) is 11.4. The summed E-state index contributed by atoms with van der Waals surface area (Å²) in [5.41, 5.74) is 3.57. The van der Waals surface area contributed by atoms with Crippen LogP contribution in [0.1, 0.15) is 59.9 Å². The maximum atomic E-state index is 12.8. The fourth-order valence-corrected chi connectivity index (χ4v) is 4.19. The van der Waals surface area contributed by atoms with Crippen molar-refractivity contribution in [3.63, 3.8) is 0 Å². The third-order valence-electron chi connectivity index (χ3n) is 5.90. The lowest BCUT2D eigenvalue weighted by atomic mass is 9.96. The van der Waals surface area contributed by atoms with Crippen molar-refractivity contribution in [2.24, 2.45) is 0 Å². The molecule has 0 aliphatic rings. The highest BCUT2D eigenvalue weighted by Crippen LogP contribution is 2.34. The van der Waals surface area contributed by atoms with E-state index in [-0.39, 0.29) is 5.92 Å². The van der Waals surface area contributed by atoms with E-state index >= 15 is 0 Å². The van der Waals surface area contributed by atoms with Gasteiger partial charge in [-0.25, -0.2) is 9.59 Å². The first-order valence-corrected chi connectivity index (χ1v) is 12.8. The van der Waals surface area contributed by atoms with Crippen LogP contribution in [0.5, 0.6) is 0 Å². The van der Waals surface area contributed by atoms with Gasteiger partial charge >= 0.3 is 12.2 Å². The number of hydrogen-bond donors (Lipinski definition) is 1. The number of fused-ring (bicyclic) bond motifs is 1. The summed E-state index contributed by atoms with van der Waals surface area (Å²) in [6.45, 7) is 13.6. The SMILES string of the molecule is CC(CNC(=O)OC(C)(C)C)c1ccc(-c2ccc3c(cnn3C(=O)OC(C)(C)C)c2-n2cccc2)cc1. The van der Waals surface area contributed by atoms with Gasteiger partial charge in [0, 0.05) is 29.9 Å². The summed E-state index contributed by atoms with van der Waals surface area (Å²) >= 11 is 0. The number of amides is 1. The number of hydrogen-bond acceptors (Lipinski definition) is 5. The highest BCUT2D eigenvalue weighted by Gasteiger charge is 2.22. The molecular weight excluding hydrogens is 480 g/mol. The van der Waals surface area contributed by atoms with Crippen LogP contribution in [0, 0.1) is 0 Å². The third kappa shape index (κ3) is 6.25. The van der Waals surface area contributed by atoms with Crippen LogP contribution >= 0.6 is 0 Å². The number of benzene rings is 2. The highest BCUT2D eigenvalue weighted by atomic mass is 16.6. The lowest BCUT2D eigenvalue weighted by Crippen LogP contribution is -2.34. The number of nitrogens with one attached hydrogen (secondary N) is 1. The van der Waals surface area contributed by atoms with E-state index in [0.29, 0.717) is 12.1 Å². The van der Waals surface area contributed by atoms with Gasteiger partial charge in [0.25, 0.3) is 0 Å². The summed E-state index contributed by atoms with van der Waals surface area (Å²) in [6, 6.07) is 16.1. The van der Waals surface area contributed by atoms with Gasteiger partial charge in [0.05, 0.1) is 17.4 Å². The van der Waals surface area contributed by atoms with E-state index in [2.05, 4.69) is 41.6 Å². The van der Waals surface area contributed by atoms with Gasteiger partial charge in [0.1, 0.15) is 11.2 Å². The molecule has 8 heteroatoms. The van der Waals surface area contributed by atoms with E-state index < -0.39 is 23.4 Å². The Balaban J connectivity index is 1.63. The summed E-state index contributed by atoms with van der Waals surface area (Å²) in [7, 11) is 0. The second kappa shape index (κ2) is 10.4. The molecule has 0 aliphatic carbocycles. The predicted molar refractivity (Wildman–Crippen MR) is 149 cm³/mol. The average molecular weight is 517 g/mol. The fourth-order valence-electron chi connectivity index (χ4n) is 4.19.